The molecule has 0 heterocycles. The molecule has 0 aliphatic heterocycles. The van der Waals surface area contributed by atoms with Gasteiger partial charge >= 0.3 is 0 Å². The molecule has 0 aromatic carbocycles. The van der Waals surface area contributed by atoms with Crippen LogP contribution in [0.3, 0.4) is 0 Å². The first kappa shape index (κ1) is 34.1. The van der Waals surface area contributed by atoms with Crippen molar-refractivity contribution in [2.75, 3.05) is 7.11 Å². The Labute approximate surface area is 270 Å². The molecule has 5 fully saturated rings. The predicted molar refractivity (Wildman–Crippen MR) is 182 cm³/mol. The number of hydrogen-bond donors (Lipinski definition) is 0. The summed E-state index contributed by atoms with van der Waals surface area (Å²) in [6, 6.07) is 2.37. The standard InChI is InChI=1S/C40H65NO3/c1-29-7-19-36(20-8-29)41(37-21-13-31(14-22-37)9-10-33-17-25-39(44-3)26-18-33)38-23-15-32(16-24-38)11-12-34-5-4-6-35(28-34)40(43)27-30(2)42/h9-12,29,31-39H,4-8,13-28H2,1-3H3/b10-9+,12-11+. The van der Waals surface area contributed by atoms with E-state index >= 15 is 0 Å². The van der Waals surface area contributed by atoms with Crippen LogP contribution in [-0.4, -0.2) is 47.8 Å². The normalized spacial score (nSPS) is 39.2. The highest BCUT2D eigenvalue weighted by molar-refractivity contribution is 5.99. The molecule has 0 saturated heterocycles. The molecule has 0 N–H and O–H groups in total. The summed E-state index contributed by atoms with van der Waals surface area (Å²) in [5, 5.41) is 0. The van der Waals surface area contributed by atoms with Gasteiger partial charge in [-0.1, -0.05) is 37.6 Å². The van der Waals surface area contributed by atoms with Crippen molar-refractivity contribution < 1.29 is 14.3 Å². The van der Waals surface area contributed by atoms with Crippen LogP contribution in [0.5, 0.6) is 0 Å². The van der Waals surface area contributed by atoms with E-state index in [2.05, 4.69) is 36.1 Å². The van der Waals surface area contributed by atoms with E-state index in [1.165, 1.54) is 109 Å². The zero-order valence-electron chi connectivity index (χ0n) is 28.6. The fourth-order valence-electron chi connectivity index (χ4n) is 9.85. The summed E-state index contributed by atoms with van der Waals surface area (Å²) in [6.45, 7) is 4.01. The smallest absolute Gasteiger partial charge is 0.143 e. The molecule has 5 aliphatic carbocycles. The summed E-state index contributed by atoms with van der Waals surface area (Å²) < 4.78 is 5.59. The fourth-order valence-corrected chi connectivity index (χ4v) is 9.85. The number of carbonyl (C=O) groups excluding carboxylic acids is 2. The lowest BCUT2D eigenvalue weighted by Crippen LogP contribution is -2.52. The molecular formula is C40H65NO3. The number of carbonyl (C=O) groups is 2. The summed E-state index contributed by atoms with van der Waals surface area (Å²) in [5.41, 5.74) is 0. The monoisotopic (exact) mass is 607 g/mol. The van der Waals surface area contributed by atoms with E-state index in [9.17, 15) is 9.59 Å². The van der Waals surface area contributed by atoms with E-state index < -0.39 is 0 Å². The molecule has 0 radical (unpaired) electrons. The molecule has 2 atom stereocenters. The van der Waals surface area contributed by atoms with Crippen molar-refractivity contribution in [2.24, 2.45) is 35.5 Å². The molecule has 44 heavy (non-hydrogen) atoms. The first-order valence-corrected chi connectivity index (χ1v) is 19.1. The third-order valence-electron chi connectivity index (χ3n) is 12.7. The fraction of sp³-hybridized carbons (Fsp3) is 0.850. The van der Waals surface area contributed by atoms with E-state index in [1.54, 1.807) is 6.92 Å². The van der Waals surface area contributed by atoms with Crippen molar-refractivity contribution in [1.82, 2.24) is 4.90 Å². The largest absolute Gasteiger partial charge is 0.381 e. The van der Waals surface area contributed by atoms with E-state index in [4.69, 9.17) is 4.74 Å². The van der Waals surface area contributed by atoms with Crippen LogP contribution in [0.25, 0.3) is 0 Å². The molecule has 0 aromatic rings. The lowest BCUT2D eigenvalue weighted by molar-refractivity contribution is -0.129. The van der Waals surface area contributed by atoms with Crippen molar-refractivity contribution in [2.45, 2.75) is 173 Å². The topological polar surface area (TPSA) is 46.6 Å². The first-order chi connectivity index (χ1) is 21.4. The summed E-state index contributed by atoms with van der Waals surface area (Å²) in [7, 11) is 1.87. The molecular weight excluding hydrogens is 542 g/mol. The van der Waals surface area contributed by atoms with E-state index in [1.807, 2.05) is 7.11 Å². The van der Waals surface area contributed by atoms with Crippen molar-refractivity contribution in [3.8, 4) is 0 Å². The molecule has 0 bridgehead atoms. The number of nitrogens with zero attached hydrogens (tertiary/aromatic N) is 1. The van der Waals surface area contributed by atoms with Gasteiger partial charge in [0.25, 0.3) is 0 Å². The highest BCUT2D eigenvalue weighted by Crippen LogP contribution is 2.40. The van der Waals surface area contributed by atoms with Crippen molar-refractivity contribution in [3.05, 3.63) is 24.3 Å². The molecule has 2 unspecified atom stereocenters. The summed E-state index contributed by atoms with van der Waals surface area (Å²) in [5.74, 6) is 4.00. The maximum absolute atomic E-state index is 12.5. The first-order valence-electron chi connectivity index (χ1n) is 19.1. The van der Waals surface area contributed by atoms with Crippen LogP contribution in [0.2, 0.25) is 0 Å². The minimum Gasteiger partial charge on any atom is -0.381 e. The van der Waals surface area contributed by atoms with Crippen LogP contribution < -0.4 is 0 Å². The third-order valence-corrected chi connectivity index (χ3v) is 12.7. The van der Waals surface area contributed by atoms with Gasteiger partial charge in [0, 0.05) is 31.2 Å². The van der Waals surface area contributed by atoms with Gasteiger partial charge in [-0.15, -0.1) is 0 Å². The number of Topliss-reactive ketones (excluding diaryl/α,β-unsaturated/α-hetero) is 2. The van der Waals surface area contributed by atoms with Gasteiger partial charge < -0.3 is 4.74 Å². The Morgan fingerprint density at radius 2 is 1.07 bits per heavy atom. The minimum atomic E-state index is 0.0158. The van der Waals surface area contributed by atoms with Crippen molar-refractivity contribution >= 4 is 11.6 Å². The van der Waals surface area contributed by atoms with Gasteiger partial charge in [-0.05, 0) is 159 Å². The lowest BCUT2D eigenvalue weighted by atomic mass is 9.76. The Balaban J connectivity index is 1.11. The number of ether oxygens (including phenoxy) is 1. The number of methoxy groups -OCH3 is 1. The predicted octanol–water partition coefficient (Wildman–Crippen LogP) is 9.66. The second kappa shape index (κ2) is 17.1. The Morgan fingerprint density at radius 1 is 0.614 bits per heavy atom. The highest BCUT2D eigenvalue weighted by Gasteiger charge is 2.37. The van der Waals surface area contributed by atoms with Crippen LogP contribution in [-0.2, 0) is 14.3 Å². The van der Waals surface area contributed by atoms with Gasteiger partial charge in [0.2, 0.25) is 0 Å². The third kappa shape index (κ3) is 9.87. The van der Waals surface area contributed by atoms with E-state index in [-0.39, 0.29) is 23.9 Å². The Morgan fingerprint density at radius 3 is 1.55 bits per heavy atom. The molecule has 0 spiro atoms. The number of hydrogen-bond acceptors (Lipinski definition) is 4. The summed E-state index contributed by atoms with van der Waals surface area (Å²) in [4.78, 5) is 27.1. The number of allylic oxidation sites excluding steroid dienone is 4. The van der Waals surface area contributed by atoms with Crippen LogP contribution in [0.1, 0.15) is 149 Å². The van der Waals surface area contributed by atoms with Gasteiger partial charge in [0.05, 0.1) is 12.5 Å². The zero-order valence-corrected chi connectivity index (χ0v) is 28.6. The minimum absolute atomic E-state index is 0.0158. The second-order valence-electron chi connectivity index (χ2n) is 16.0. The van der Waals surface area contributed by atoms with Gasteiger partial charge in [0.15, 0.2) is 0 Å². The maximum Gasteiger partial charge on any atom is 0.143 e. The number of rotatable bonds is 11. The van der Waals surface area contributed by atoms with Gasteiger partial charge in [-0.3, -0.25) is 14.5 Å². The SMILES string of the molecule is COC1CCC(/C=C/C2CCC(N(C3CCC(C)CC3)C3CCC(/C=C/C4CCCC(C(=O)CC(C)=O)C4)CC3)CC2)CC1. The molecule has 5 rings (SSSR count). The quantitative estimate of drug-likeness (QED) is 0.173. The molecule has 4 nitrogen and oxygen atoms in total. The molecule has 0 amide bonds. The van der Waals surface area contributed by atoms with Crippen LogP contribution in [0.4, 0.5) is 0 Å². The average Bonchev–Trinajstić information content (AvgIpc) is 3.05. The van der Waals surface area contributed by atoms with Crippen LogP contribution >= 0.6 is 0 Å². The molecule has 248 valence electrons. The van der Waals surface area contributed by atoms with Gasteiger partial charge in [0.1, 0.15) is 11.6 Å². The van der Waals surface area contributed by atoms with Crippen molar-refractivity contribution in [1.29, 1.82) is 0 Å². The van der Waals surface area contributed by atoms with Gasteiger partial charge in [-0.2, -0.15) is 0 Å². The Bertz CT molecular complexity index is 940. The molecule has 4 heteroatoms. The van der Waals surface area contributed by atoms with Crippen LogP contribution in [0, 0.1) is 35.5 Å². The summed E-state index contributed by atoms with van der Waals surface area (Å²) >= 11 is 0. The van der Waals surface area contributed by atoms with E-state index in [0.29, 0.717) is 17.9 Å². The lowest BCUT2D eigenvalue weighted by Gasteiger charge is -2.49. The van der Waals surface area contributed by atoms with Crippen molar-refractivity contribution in [3.63, 3.8) is 0 Å². The molecule has 5 saturated carbocycles. The zero-order chi connectivity index (χ0) is 30.9. The highest BCUT2D eigenvalue weighted by atomic mass is 16.5. The van der Waals surface area contributed by atoms with Gasteiger partial charge in [-0.25, -0.2) is 0 Å². The molecule has 5 aliphatic rings. The second-order valence-corrected chi connectivity index (χ2v) is 16.0. The van der Waals surface area contributed by atoms with E-state index in [0.717, 1.165) is 55.1 Å². The average molecular weight is 608 g/mol. The summed E-state index contributed by atoms with van der Waals surface area (Å²) in [6.07, 6.45) is 36.7. The Kier molecular flexibility index (Phi) is 13.2. The number of ketones is 2. The maximum atomic E-state index is 12.5. The van der Waals surface area contributed by atoms with Crippen LogP contribution in [0.15, 0.2) is 24.3 Å². The molecule has 0 aromatic heterocycles. The Hall–Kier alpha value is -1.26.